The predicted molar refractivity (Wildman–Crippen MR) is 133 cm³/mol. The molecule has 2 aromatic rings. The van der Waals surface area contributed by atoms with Crippen molar-refractivity contribution >= 4 is 56.8 Å². The summed E-state index contributed by atoms with van der Waals surface area (Å²) in [6.45, 7) is 6.05. The first-order valence-electron chi connectivity index (χ1n) is 10.3. The number of carbonyl (C=O) groups is 2. The maximum atomic E-state index is 13.2. The van der Waals surface area contributed by atoms with Gasteiger partial charge in [-0.3, -0.25) is 19.8 Å². The minimum absolute atomic E-state index is 0.00349. The van der Waals surface area contributed by atoms with Crippen LogP contribution in [-0.2, 0) is 16.0 Å². The zero-order chi connectivity index (χ0) is 23.4. The number of methoxy groups -OCH3 is 1. The number of carbonyl (C=O) groups excluding carboxylic acids is 2. The van der Waals surface area contributed by atoms with Crippen LogP contribution in [0.15, 0.2) is 46.4 Å². The topological polar surface area (TPSA) is 67.9 Å². The third-order valence-electron chi connectivity index (χ3n) is 5.16. The first kappa shape index (κ1) is 23.9. The average Bonchev–Trinajstić information content (AvgIpc) is 2.78. The summed E-state index contributed by atoms with van der Waals surface area (Å²) in [6, 6.07) is 11.0. The molecule has 0 aliphatic carbocycles. The maximum absolute atomic E-state index is 13.2. The Hall–Kier alpha value is -2.71. The van der Waals surface area contributed by atoms with Crippen molar-refractivity contribution in [3.05, 3.63) is 57.6 Å². The fourth-order valence-electron chi connectivity index (χ4n) is 3.16. The van der Waals surface area contributed by atoms with E-state index in [1.165, 1.54) is 11.0 Å². The van der Waals surface area contributed by atoms with Crippen LogP contribution in [0.5, 0.6) is 11.5 Å². The molecular formula is C24H25BrN2O4S. The highest BCUT2D eigenvalue weighted by Crippen LogP contribution is 2.38. The van der Waals surface area contributed by atoms with Gasteiger partial charge in [-0.2, -0.15) is 0 Å². The number of ether oxygens (including phenoxy) is 2. The predicted octanol–water partition coefficient (Wildman–Crippen LogP) is 5.03. The first-order valence-corrected chi connectivity index (χ1v) is 11.5. The zero-order valence-corrected chi connectivity index (χ0v) is 20.8. The first-order chi connectivity index (χ1) is 15.3. The molecule has 2 aromatic carbocycles. The number of thiocarbonyl (C=S) groups is 1. The number of hydrogen-bond acceptors (Lipinski definition) is 5. The number of amides is 2. The van der Waals surface area contributed by atoms with Crippen molar-refractivity contribution in [2.24, 2.45) is 0 Å². The molecular weight excluding hydrogens is 492 g/mol. The third-order valence-corrected chi connectivity index (χ3v) is 6.03. The van der Waals surface area contributed by atoms with Crippen molar-refractivity contribution in [3.8, 4) is 11.5 Å². The van der Waals surface area contributed by atoms with Crippen molar-refractivity contribution in [2.45, 2.75) is 39.7 Å². The highest BCUT2D eigenvalue weighted by atomic mass is 79.9. The Balaban J connectivity index is 1.99. The van der Waals surface area contributed by atoms with Crippen molar-refractivity contribution in [1.82, 2.24) is 5.32 Å². The van der Waals surface area contributed by atoms with Gasteiger partial charge in [-0.1, -0.05) is 26.0 Å². The molecule has 1 N–H and O–H groups in total. The normalized spacial score (nSPS) is 16.2. The molecule has 1 saturated heterocycles. The van der Waals surface area contributed by atoms with Crippen molar-refractivity contribution < 1.29 is 19.1 Å². The summed E-state index contributed by atoms with van der Waals surface area (Å²) < 4.78 is 12.1. The summed E-state index contributed by atoms with van der Waals surface area (Å²) in [5.41, 5.74) is 2.32. The number of hydrogen-bond donors (Lipinski definition) is 1. The largest absolute Gasteiger partial charge is 0.493 e. The molecule has 1 aliphatic heterocycles. The Morgan fingerprint density at radius 2 is 1.88 bits per heavy atom. The SMILES string of the molecule is CCc1ccc(N2C(=O)/C(=C/c3cc(Br)c(O[C@@H](C)CC)c(OC)c3)C(=O)NC2=S)cc1. The highest BCUT2D eigenvalue weighted by molar-refractivity contribution is 9.10. The summed E-state index contributed by atoms with van der Waals surface area (Å²) >= 11 is 8.79. The molecule has 0 spiro atoms. The molecule has 1 aliphatic rings. The van der Waals surface area contributed by atoms with Crippen LogP contribution in [0.4, 0.5) is 5.69 Å². The lowest BCUT2D eigenvalue weighted by Gasteiger charge is -2.29. The number of nitrogens with zero attached hydrogens (tertiary/aromatic N) is 1. The third kappa shape index (κ3) is 5.02. The zero-order valence-electron chi connectivity index (χ0n) is 18.4. The lowest BCUT2D eigenvalue weighted by Crippen LogP contribution is -2.54. The lowest BCUT2D eigenvalue weighted by atomic mass is 10.1. The molecule has 1 atom stereocenters. The molecule has 6 nitrogen and oxygen atoms in total. The van der Waals surface area contributed by atoms with E-state index in [1.54, 1.807) is 19.2 Å². The van der Waals surface area contributed by atoms with E-state index in [9.17, 15) is 9.59 Å². The van der Waals surface area contributed by atoms with E-state index in [4.69, 9.17) is 21.7 Å². The summed E-state index contributed by atoms with van der Waals surface area (Å²) in [6.07, 6.45) is 3.25. The van der Waals surface area contributed by atoms with Gasteiger partial charge in [0, 0.05) is 0 Å². The smallest absolute Gasteiger partial charge is 0.270 e. The van der Waals surface area contributed by atoms with E-state index in [0.29, 0.717) is 27.2 Å². The summed E-state index contributed by atoms with van der Waals surface area (Å²) in [4.78, 5) is 27.2. The molecule has 1 fully saturated rings. The molecule has 0 saturated carbocycles. The summed E-state index contributed by atoms with van der Waals surface area (Å²) in [5, 5.41) is 2.66. The Bertz CT molecular complexity index is 1080. The van der Waals surface area contributed by atoms with Crippen LogP contribution in [0.2, 0.25) is 0 Å². The molecule has 0 unspecified atom stereocenters. The number of rotatable bonds is 7. The molecule has 0 radical (unpaired) electrons. The van der Waals surface area contributed by atoms with Gasteiger partial charge >= 0.3 is 0 Å². The average molecular weight is 517 g/mol. The van der Waals surface area contributed by atoms with E-state index in [-0.39, 0.29) is 16.8 Å². The van der Waals surface area contributed by atoms with Crippen molar-refractivity contribution in [1.29, 1.82) is 0 Å². The van der Waals surface area contributed by atoms with Gasteiger partial charge in [0.05, 0.1) is 23.4 Å². The van der Waals surface area contributed by atoms with Gasteiger partial charge in [0.1, 0.15) is 5.57 Å². The molecule has 32 heavy (non-hydrogen) atoms. The molecule has 3 rings (SSSR count). The van der Waals surface area contributed by atoms with Gasteiger partial charge in [0.25, 0.3) is 11.8 Å². The Kier molecular flexibility index (Phi) is 7.69. The number of benzene rings is 2. The Labute approximate surface area is 201 Å². The molecule has 0 bridgehead atoms. The van der Waals surface area contributed by atoms with Crippen LogP contribution in [0, 0.1) is 0 Å². The molecule has 168 valence electrons. The van der Waals surface area contributed by atoms with Crippen LogP contribution in [0.1, 0.15) is 38.3 Å². The van der Waals surface area contributed by atoms with Crippen molar-refractivity contribution in [2.75, 3.05) is 12.0 Å². The van der Waals surface area contributed by atoms with E-state index in [1.807, 2.05) is 38.1 Å². The van der Waals surface area contributed by atoms with Crippen LogP contribution in [-0.4, -0.2) is 30.1 Å². The second kappa shape index (κ2) is 10.3. The van der Waals surface area contributed by atoms with Crippen LogP contribution in [0.25, 0.3) is 6.08 Å². The minimum atomic E-state index is -0.545. The number of halogens is 1. The second-order valence-corrected chi connectivity index (χ2v) is 8.59. The summed E-state index contributed by atoms with van der Waals surface area (Å²) in [7, 11) is 1.54. The fraction of sp³-hybridized carbons (Fsp3) is 0.292. The number of aryl methyl sites for hydroxylation is 1. The van der Waals surface area contributed by atoms with Crippen LogP contribution >= 0.6 is 28.1 Å². The maximum Gasteiger partial charge on any atom is 0.270 e. The Morgan fingerprint density at radius 3 is 2.47 bits per heavy atom. The van der Waals surface area contributed by atoms with E-state index >= 15 is 0 Å². The lowest BCUT2D eigenvalue weighted by molar-refractivity contribution is -0.122. The van der Waals surface area contributed by atoms with Crippen molar-refractivity contribution in [3.63, 3.8) is 0 Å². The van der Waals surface area contributed by atoms with E-state index < -0.39 is 11.8 Å². The van der Waals surface area contributed by atoms with Gasteiger partial charge in [-0.25, -0.2) is 0 Å². The van der Waals surface area contributed by atoms with Gasteiger partial charge in [-0.05, 0) is 89.4 Å². The molecule has 1 heterocycles. The number of anilines is 1. The summed E-state index contributed by atoms with van der Waals surface area (Å²) in [5.74, 6) is 0.0365. The van der Waals surface area contributed by atoms with Gasteiger partial charge in [0.15, 0.2) is 16.6 Å². The van der Waals surface area contributed by atoms with Gasteiger partial charge in [-0.15, -0.1) is 0 Å². The van der Waals surface area contributed by atoms with Gasteiger partial charge < -0.3 is 9.47 Å². The highest BCUT2D eigenvalue weighted by Gasteiger charge is 2.34. The van der Waals surface area contributed by atoms with Crippen LogP contribution in [0.3, 0.4) is 0 Å². The monoisotopic (exact) mass is 516 g/mol. The Morgan fingerprint density at radius 1 is 1.19 bits per heavy atom. The minimum Gasteiger partial charge on any atom is -0.493 e. The fourth-order valence-corrected chi connectivity index (χ4v) is 4.00. The molecule has 0 aromatic heterocycles. The van der Waals surface area contributed by atoms with Crippen LogP contribution < -0.4 is 19.7 Å². The van der Waals surface area contributed by atoms with E-state index in [2.05, 4.69) is 28.2 Å². The quantitative estimate of drug-likeness (QED) is 0.317. The number of nitrogens with one attached hydrogen (secondary N) is 1. The molecule has 2 amide bonds. The van der Waals surface area contributed by atoms with E-state index in [0.717, 1.165) is 18.4 Å². The second-order valence-electron chi connectivity index (χ2n) is 7.35. The van der Waals surface area contributed by atoms with Gasteiger partial charge in [0.2, 0.25) is 0 Å². The standard InChI is InChI=1S/C24H25BrN2O4S/c1-5-14(3)31-21-19(25)12-16(13-20(21)30-4)11-18-22(28)26-24(32)27(23(18)29)17-9-7-15(6-2)8-10-17/h7-14H,5-6H2,1-4H3,(H,26,28,32)/b18-11+/t14-/m0/s1. The molecule has 8 heteroatoms.